The Kier molecular flexibility index (Phi) is 7.38. The first-order valence-electron chi connectivity index (χ1n) is 10.3. The Morgan fingerprint density at radius 1 is 1.24 bits per heavy atom. The Bertz CT molecular complexity index is 1260. The van der Waals surface area contributed by atoms with E-state index in [1.807, 2.05) is 32.0 Å². The van der Waals surface area contributed by atoms with E-state index in [0.29, 0.717) is 10.1 Å². The van der Waals surface area contributed by atoms with Crippen molar-refractivity contribution in [2.45, 2.75) is 19.0 Å². The van der Waals surface area contributed by atoms with Crippen LogP contribution in [0.1, 0.15) is 16.7 Å². The van der Waals surface area contributed by atoms with Crippen LogP contribution in [-0.2, 0) is 9.59 Å². The molecule has 174 valence electrons. The van der Waals surface area contributed by atoms with E-state index in [4.69, 9.17) is 0 Å². The van der Waals surface area contributed by atoms with Crippen LogP contribution in [0.15, 0.2) is 52.8 Å². The van der Waals surface area contributed by atoms with Crippen molar-refractivity contribution < 1.29 is 14.4 Å². The molecule has 1 N–H and O–H groups in total. The van der Waals surface area contributed by atoms with Gasteiger partial charge in [0.2, 0.25) is 11.1 Å². The second-order valence-corrected chi connectivity index (χ2v) is 9.36. The zero-order valence-corrected chi connectivity index (χ0v) is 20.1. The van der Waals surface area contributed by atoms with Gasteiger partial charge < -0.3 is 5.32 Å². The molecule has 10 nitrogen and oxygen atoms in total. The smallest absolute Gasteiger partial charge is 0.293 e. The summed E-state index contributed by atoms with van der Waals surface area (Å²) < 4.78 is 1.60. The van der Waals surface area contributed by atoms with Gasteiger partial charge in [0.15, 0.2) is 0 Å². The van der Waals surface area contributed by atoms with Crippen LogP contribution in [0.25, 0.3) is 11.8 Å². The average molecular weight is 496 g/mol. The van der Waals surface area contributed by atoms with E-state index < -0.39 is 0 Å². The Labute approximate surface area is 204 Å². The van der Waals surface area contributed by atoms with Crippen LogP contribution in [0.2, 0.25) is 0 Å². The highest BCUT2D eigenvalue weighted by molar-refractivity contribution is 8.18. The molecule has 0 atom stereocenters. The van der Waals surface area contributed by atoms with Gasteiger partial charge >= 0.3 is 0 Å². The number of rotatable bonds is 8. The molecule has 0 unspecified atom stereocenters. The summed E-state index contributed by atoms with van der Waals surface area (Å²) in [5.41, 5.74) is 3.74. The number of tetrazole rings is 1. The second-order valence-electron chi connectivity index (χ2n) is 7.42. The molecule has 1 saturated heterocycles. The van der Waals surface area contributed by atoms with E-state index in [1.165, 1.54) is 11.8 Å². The number of amides is 3. The number of thioether (sulfide) groups is 2. The van der Waals surface area contributed by atoms with Gasteiger partial charge in [-0.05, 0) is 65.4 Å². The minimum Gasteiger partial charge on any atom is -0.354 e. The molecule has 1 aliphatic heterocycles. The SMILES string of the molecule is Cc1ccc(-n2nnnc2SCC(=O)NCCN2C(=O)S/C(=C\c3cccnc3)C2=O)c(C)c1. The number of imide groups is 1. The van der Waals surface area contributed by atoms with Gasteiger partial charge in [-0.25, -0.2) is 0 Å². The molecule has 12 heteroatoms. The van der Waals surface area contributed by atoms with Crippen molar-refractivity contribution in [1.82, 2.24) is 35.4 Å². The van der Waals surface area contributed by atoms with Gasteiger partial charge in [0.1, 0.15) is 0 Å². The number of aromatic nitrogens is 5. The van der Waals surface area contributed by atoms with Gasteiger partial charge in [0, 0.05) is 25.5 Å². The summed E-state index contributed by atoms with van der Waals surface area (Å²) in [6.07, 6.45) is 4.88. The Morgan fingerprint density at radius 2 is 2.09 bits per heavy atom. The molecule has 0 saturated carbocycles. The van der Waals surface area contributed by atoms with Crippen molar-refractivity contribution >= 4 is 46.7 Å². The number of hydrogen-bond acceptors (Lipinski definition) is 9. The molecule has 3 heterocycles. The maximum atomic E-state index is 12.6. The van der Waals surface area contributed by atoms with Crippen LogP contribution in [0.4, 0.5) is 4.79 Å². The van der Waals surface area contributed by atoms with Gasteiger partial charge in [-0.2, -0.15) is 4.68 Å². The molecule has 1 aliphatic rings. The number of nitrogens with one attached hydrogen (secondary N) is 1. The second kappa shape index (κ2) is 10.6. The fraction of sp³-hybridized carbons (Fsp3) is 0.227. The minimum absolute atomic E-state index is 0.0890. The van der Waals surface area contributed by atoms with Crippen LogP contribution in [0.3, 0.4) is 0 Å². The van der Waals surface area contributed by atoms with Crippen LogP contribution >= 0.6 is 23.5 Å². The van der Waals surface area contributed by atoms with Crippen molar-refractivity contribution in [1.29, 1.82) is 0 Å². The summed E-state index contributed by atoms with van der Waals surface area (Å²) in [6, 6.07) is 9.50. The predicted molar refractivity (Wildman–Crippen MR) is 129 cm³/mol. The van der Waals surface area contributed by atoms with Crippen LogP contribution in [-0.4, -0.2) is 66.0 Å². The largest absolute Gasteiger partial charge is 0.354 e. The first-order chi connectivity index (χ1) is 16.4. The summed E-state index contributed by atoms with van der Waals surface area (Å²) in [4.78, 5) is 42.6. The molecular formula is C22H21N7O3S2. The highest BCUT2D eigenvalue weighted by atomic mass is 32.2. The summed E-state index contributed by atoms with van der Waals surface area (Å²) in [6.45, 7) is 4.23. The molecule has 0 spiro atoms. The Hall–Kier alpha value is -3.51. The third-order valence-corrected chi connectivity index (χ3v) is 6.69. The lowest BCUT2D eigenvalue weighted by Gasteiger charge is -2.13. The molecular weight excluding hydrogens is 474 g/mol. The van der Waals surface area contributed by atoms with Gasteiger partial charge in [0.25, 0.3) is 11.1 Å². The molecule has 2 aromatic heterocycles. The molecule has 0 bridgehead atoms. The van der Waals surface area contributed by atoms with Crippen molar-refractivity contribution in [3.63, 3.8) is 0 Å². The van der Waals surface area contributed by atoms with Crippen molar-refractivity contribution in [2.75, 3.05) is 18.8 Å². The number of carbonyl (C=O) groups excluding carboxylic acids is 3. The van der Waals surface area contributed by atoms with E-state index in [9.17, 15) is 14.4 Å². The zero-order valence-electron chi connectivity index (χ0n) is 18.5. The van der Waals surface area contributed by atoms with E-state index >= 15 is 0 Å². The summed E-state index contributed by atoms with van der Waals surface area (Å²) >= 11 is 2.08. The van der Waals surface area contributed by atoms with Gasteiger partial charge in [-0.1, -0.05) is 35.5 Å². The van der Waals surface area contributed by atoms with E-state index in [2.05, 4.69) is 25.8 Å². The van der Waals surface area contributed by atoms with E-state index in [0.717, 1.165) is 39.0 Å². The number of hydrogen-bond donors (Lipinski definition) is 1. The summed E-state index contributed by atoms with van der Waals surface area (Å²) in [7, 11) is 0. The predicted octanol–water partition coefficient (Wildman–Crippen LogP) is 2.62. The van der Waals surface area contributed by atoms with Crippen molar-refractivity contribution in [2.24, 2.45) is 0 Å². The highest BCUT2D eigenvalue weighted by Gasteiger charge is 2.34. The molecule has 34 heavy (non-hydrogen) atoms. The maximum absolute atomic E-state index is 12.6. The zero-order chi connectivity index (χ0) is 24.1. The number of nitrogens with zero attached hydrogens (tertiary/aromatic N) is 6. The number of carbonyl (C=O) groups is 3. The lowest BCUT2D eigenvalue weighted by Crippen LogP contribution is -2.37. The molecule has 4 rings (SSSR count). The van der Waals surface area contributed by atoms with Gasteiger partial charge in [0.05, 0.1) is 16.3 Å². The van der Waals surface area contributed by atoms with Crippen LogP contribution < -0.4 is 5.32 Å². The highest BCUT2D eigenvalue weighted by Crippen LogP contribution is 2.31. The van der Waals surface area contributed by atoms with E-state index in [-0.39, 0.29) is 35.9 Å². The minimum atomic E-state index is -0.380. The molecule has 1 aromatic carbocycles. The number of aryl methyl sites for hydroxylation is 2. The van der Waals surface area contributed by atoms with Crippen LogP contribution in [0, 0.1) is 13.8 Å². The molecule has 3 amide bonds. The average Bonchev–Trinajstić information content (AvgIpc) is 3.38. The van der Waals surface area contributed by atoms with Crippen molar-refractivity contribution in [3.8, 4) is 5.69 Å². The lowest BCUT2D eigenvalue weighted by molar-refractivity contribution is -0.123. The number of benzene rings is 1. The normalized spacial score (nSPS) is 14.8. The van der Waals surface area contributed by atoms with E-state index in [1.54, 1.807) is 35.3 Å². The standard InChI is InChI=1S/C22H21N7O3S2/c1-14-5-6-17(15(2)10-14)29-21(25-26-27-29)33-13-19(30)24-8-9-28-20(31)18(34-22(28)32)11-16-4-3-7-23-12-16/h3-7,10-12H,8-9,13H2,1-2H3,(H,24,30)/b18-11-. The van der Waals surface area contributed by atoms with Gasteiger partial charge in [-0.3, -0.25) is 24.3 Å². The maximum Gasteiger partial charge on any atom is 0.293 e. The molecule has 1 fully saturated rings. The molecule has 0 radical (unpaired) electrons. The first-order valence-corrected chi connectivity index (χ1v) is 12.1. The number of pyridine rings is 1. The summed E-state index contributed by atoms with van der Waals surface area (Å²) in [5.74, 6) is -0.540. The van der Waals surface area contributed by atoms with Gasteiger partial charge in [-0.15, -0.1) is 5.10 Å². The quantitative estimate of drug-likeness (QED) is 0.371. The fourth-order valence-corrected chi connectivity index (χ4v) is 4.84. The van der Waals surface area contributed by atoms with Crippen LogP contribution in [0.5, 0.6) is 0 Å². The van der Waals surface area contributed by atoms with Crippen molar-refractivity contribution in [3.05, 3.63) is 64.3 Å². The topological polar surface area (TPSA) is 123 Å². The third kappa shape index (κ3) is 5.51. The Balaban J connectivity index is 1.28. The Morgan fingerprint density at radius 3 is 2.85 bits per heavy atom. The first kappa shape index (κ1) is 23.6. The summed E-state index contributed by atoms with van der Waals surface area (Å²) in [5, 5.41) is 14.6. The molecule has 0 aliphatic carbocycles. The lowest BCUT2D eigenvalue weighted by atomic mass is 10.1. The monoisotopic (exact) mass is 495 g/mol. The molecule has 3 aromatic rings. The third-order valence-electron chi connectivity index (χ3n) is 4.87. The fourth-order valence-electron chi connectivity index (χ4n) is 3.26.